The Labute approximate surface area is 235 Å². The highest BCUT2D eigenvalue weighted by Gasteiger charge is 2.19. The van der Waals surface area contributed by atoms with Gasteiger partial charge in [0.05, 0.1) is 0 Å². The zero-order valence-corrected chi connectivity index (χ0v) is 21.9. The van der Waals surface area contributed by atoms with Gasteiger partial charge >= 0.3 is 0 Å². The number of benzene rings is 6. The summed E-state index contributed by atoms with van der Waals surface area (Å²) in [6, 6.07) is 41.7. The maximum atomic E-state index is 6.15. The van der Waals surface area contributed by atoms with Crippen LogP contribution in [-0.4, -0.2) is 6.79 Å². The fourth-order valence-electron chi connectivity index (χ4n) is 6.06. The summed E-state index contributed by atoms with van der Waals surface area (Å²) in [6.07, 6.45) is 0. The summed E-state index contributed by atoms with van der Waals surface area (Å²) < 4.78 is 24.4. The summed E-state index contributed by atoms with van der Waals surface area (Å²) in [5, 5.41) is 4.50. The van der Waals surface area contributed by atoms with Crippen LogP contribution in [0.25, 0.3) is 77.3 Å². The Balaban J connectivity index is 1.13. The van der Waals surface area contributed by atoms with Gasteiger partial charge in [0.15, 0.2) is 0 Å². The largest absolute Gasteiger partial charge is 0.457 e. The Morgan fingerprint density at radius 1 is 0.366 bits per heavy atom. The zero-order valence-electron chi connectivity index (χ0n) is 21.9. The van der Waals surface area contributed by atoms with E-state index in [4.69, 9.17) is 18.3 Å². The minimum atomic E-state index is 0.149. The molecular formula is C37H22O4. The molecule has 8 aromatic rings. The van der Waals surface area contributed by atoms with E-state index in [9.17, 15) is 0 Å². The van der Waals surface area contributed by atoms with Crippen LogP contribution in [0.5, 0.6) is 11.5 Å². The molecule has 6 aromatic carbocycles. The molecule has 0 unspecified atom stereocenters. The van der Waals surface area contributed by atoms with Gasteiger partial charge in [-0.3, -0.25) is 0 Å². The molecule has 0 saturated carbocycles. The van der Waals surface area contributed by atoms with E-state index in [0.717, 1.165) is 88.8 Å². The van der Waals surface area contributed by atoms with E-state index in [0.29, 0.717) is 0 Å². The number of hydrogen-bond acceptors (Lipinski definition) is 4. The lowest BCUT2D eigenvalue weighted by molar-refractivity contribution is 0.125. The molecule has 0 amide bonds. The van der Waals surface area contributed by atoms with Gasteiger partial charge in [0.25, 0.3) is 0 Å². The van der Waals surface area contributed by atoms with Crippen LogP contribution in [-0.2, 0) is 0 Å². The number of para-hydroxylation sites is 2. The van der Waals surface area contributed by atoms with Crippen LogP contribution in [0.3, 0.4) is 0 Å². The number of rotatable bonds is 2. The van der Waals surface area contributed by atoms with E-state index in [1.54, 1.807) is 0 Å². The fraction of sp³-hybridized carbons (Fsp3) is 0.0270. The third-order valence-corrected chi connectivity index (χ3v) is 8.10. The van der Waals surface area contributed by atoms with Gasteiger partial charge in [-0.1, -0.05) is 60.7 Å². The second-order valence-electron chi connectivity index (χ2n) is 10.4. The predicted octanol–water partition coefficient (Wildman–Crippen LogP) is 10.2. The molecule has 0 fully saturated rings. The Kier molecular flexibility index (Phi) is 4.64. The molecule has 0 spiro atoms. The van der Waals surface area contributed by atoms with Gasteiger partial charge in [-0.25, -0.2) is 0 Å². The lowest BCUT2D eigenvalue weighted by atomic mass is 9.95. The van der Waals surface area contributed by atoms with Crippen molar-refractivity contribution in [3.8, 4) is 44.9 Å². The average molecular weight is 531 g/mol. The monoisotopic (exact) mass is 530 g/mol. The van der Waals surface area contributed by atoms with Gasteiger partial charge in [0.1, 0.15) is 33.8 Å². The highest BCUT2D eigenvalue weighted by atomic mass is 16.7. The summed E-state index contributed by atoms with van der Waals surface area (Å²) in [7, 11) is 0. The quantitative estimate of drug-likeness (QED) is 0.223. The summed E-state index contributed by atoms with van der Waals surface area (Å²) in [4.78, 5) is 0. The molecule has 0 bridgehead atoms. The van der Waals surface area contributed by atoms with Crippen molar-refractivity contribution >= 4 is 43.9 Å². The van der Waals surface area contributed by atoms with Crippen molar-refractivity contribution < 1.29 is 18.3 Å². The molecule has 0 N–H and O–H groups in total. The van der Waals surface area contributed by atoms with E-state index < -0.39 is 0 Å². The van der Waals surface area contributed by atoms with Gasteiger partial charge in [-0.05, 0) is 82.9 Å². The predicted molar refractivity (Wildman–Crippen MR) is 163 cm³/mol. The molecule has 9 rings (SSSR count). The molecule has 4 nitrogen and oxygen atoms in total. The molecule has 0 aliphatic carbocycles. The first-order valence-corrected chi connectivity index (χ1v) is 13.7. The standard InChI is InChI=1S/C37H22O4/c1-3-7-33-26(5-1)28-13-9-24(19-36(28)40-33)22-12-16-32-31(17-22)30-15-11-23(18-35(30)39-21-38-32)25-10-14-29-27-6-2-4-8-34(27)41-37(29)20-25/h1-20H,21H2. The van der Waals surface area contributed by atoms with Crippen LogP contribution < -0.4 is 9.47 Å². The highest BCUT2D eigenvalue weighted by Crippen LogP contribution is 2.43. The lowest BCUT2D eigenvalue weighted by Gasteiger charge is -2.11. The molecule has 0 atom stereocenters. The van der Waals surface area contributed by atoms with Crippen molar-refractivity contribution in [2.45, 2.75) is 0 Å². The highest BCUT2D eigenvalue weighted by molar-refractivity contribution is 6.07. The fourth-order valence-corrected chi connectivity index (χ4v) is 6.06. The molecule has 41 heavy (non-hydrogen) atoms. The maximum Gasteiger partial charge on any atom is 0.230 e. The summed E-state index contributed by atoms with van der Waals surface area (Å²) in [5.74, 6) is 1.59. The maximum absolute atomic E-state index is 6.15. The SMILES string of the molecule is c1ccc2c(c1)oc1cc(-c3ccc4c(c3)OCOc3ccc(-c5ccc6c(c5)oc5ccccc56)cc3-4)ccc12. The normalized spacial score (nSPS) is 12.7. The number of ether oxygens (including phenoxy) is 2. The summed E-state index contributed by atoms with van der Waals surface area (Å²) >= 11 is 0. The van der Waals surface area contributed by atoms with Crippen molar-refractivity contribution in [3.63, 3.8) is 0 Å². The first kappa shape index (κ1) is 22.3. The topological polar surface area (TPSA) is 44.7 Å². The van der Waals surface area contributed by atoms with E-state index in [1.807, 2.05) is 42.5 Å². The molecule has 2 aromatic heterocycles. The van der Waals surface area contributed by atoms with Crippen molar-refractivity contribution in [2.75, 3.05) is 6.79 Å². The molecule has 0 radical (unpaired) electrons. The third kappa shape index (κ3) is 3.47. The molecule has 0 saturated heterocycles. The average Bonchev–Trinajstić information content (AvgIpc) is 3.52. The molecule has 1 aliphatic rings. The van der Waals surface area contributed by atoms with E-state index in [2.05, 4.69) is 78.9 Å². The summed E-state index contributed by atoms with van der Waals surface area (Å²) in [6.45, 7) is 0.149. The molecule has 4 heteroatoms. The van der Waals surface area contributed by atoms with Crippen LogP contribution in [0.1, 0.15) is 0 Å². The van der Waals surface area contributed by atoms with Crippen LogP contribution in [0.2, 0.25) is 0 Å². The Morgan fingerprint density at radius 2 is 0.878 bits per heavy atom. The van der Waals surface area contributed by atoms with Crippen molar-refractivity contribution in [2.24, 2.45) is 0 Å². The van der Waals surface area contributed by atoms with Crippen LogP contribution in [0.4, 0.5) is 0 Å². The van der Waals surface area contributed by atoms with E-state index in [-0.39, 0.29) is 6.79 Å². The van der Waals surface area contributed by atoms with Gasteiger partial charge in [-0.15, -0.1) is 0 Å². The minimum Gasteiger partial charge on any atom is -0.457 e. The van der Waals surface area contributed by atoms with Crippen LogP contribution in [0, 0.1) is 0 Å². The van der Waals surface area contributed by atoms with Crippen molar-refractivity contribution in [1.29, 1.82) is 0 Å². The molecule has 1 aliphatic heterocycles. The van der Waals surface area contributed by atoms with E-state index in [1.165, 1.54) is 0 Å². The number of fused-ring (bicyclic) bond motifs is 9. The first-order chi connectivity index (χ1) is 20.3. The van der Waals surface area contributed by atoms with Crippen molar-refractivity contribution in [1.82, 2.24) is 0 Å². The molecule has 3 heterocycles. The first-order valence-electron chi connectivity index (χ1n) is 13.7. The molecular weight excluding hydrogens is 508 g/mol. The van der Waals surface area contributed by atoms with E-state index >= 15 is 0 Å². The van der Waals surface area contributed by atoms with Crippen LogP contribution in [0.15, 0.2) is 130 Å². The van der Waals surface area contributed by atoms with Crippen molar-refractivity contribution in [3.05, 3.63) is 121 Å². The van der Waals surface area contributed by atoms with Gasteiger partial charge in [-0.2, -0.15) is 0 Å². The Hall–Kier alpha value is -5.48. The molecule has 194 valence electrons. The number of hydrogen-bond donors (Lipinski definition) is 0. The Morgan fingerprint density at radius 3 is 1.56 bits per heavy atom. The minimum absolute atomic E-state index is 0.149. The Bertz CT molecular complexity index is 2300. The second-order valence-corrected chi connectivity index (χ2v) is 10.4. The smallest absolute Gasteiger partial charge is 0.230 e. The number of furan rings is 2. The zero-order chi connectivity index (χ0) is 26.9. The third-order valence-electron chi connectivity index (χ3n) is 8.10. The second kappa shape index (κ2) is 8.51. The van der Waals surface area contributed by atoms with Gasteiger partial charge in [0, 0.05) is 32.7 Å². The van der Waals surface area contributed by atoms with Gasteiger partial charge < -0.3 is 18.3 Å². The summed E-state index contributed by atoms with van der Waals surface area (Å²) in [5.41, 5.74) is 9.84. The van der Waals surface area contributed by atoms with Crippen LogP contribution >= 0.6 is 0 Å². The lowest BCUT2D eigenvalue weighted by Crippen LogP contribution is -2.03. The van der Waals surface area contributed by atoms with Gasteiger partial charge in [0.2, 0.25) is 6.79 Å².